The van der Waals surface area contributed by atoms with Crippen LogP contribution in [0.3, 0.4) is 0 Å². The van der Waals surface area contributed by atoms with Crippen molar-refractivity contribution in [3.8, 4) is 0 Å². The van der Waals surface area contributed by atoms with E-state index >= 15 is 0 Å². The van der Waals surface area contributed by atoms with Crippen LogP contribution >= 0.6 is 0 Å². The summed E-state index contributed by atoms with van der Waals surface area (Å²) >= 11 is 0. The Morgan fingerprint density at radius 3 is 2.95 bits per heavy atom. The molecule has 124 valence electrons. The smallest absolute Gasteiger partial charge is 0.0702 e. The molecule has 2 fully saturated rings. The third kappa shape index (κ3) is 5.51. The van der Waals surface area contributed by atoms with E-state index in [1.54, 1.807) is 0 Å². The lowest BCUT2D eigenvalue weighted by Gasteiger charge is -2.39. The summed E-state index contributed by atoms with van der Waals surface area (Å²) in [6, 6.07) is 0. The highest BCUT2D eigenvalue weighted by atomic mass is 16.5. The Morgan fingerprint density at radius 2 is 2.29 bits per heavy atom. The topological polar surface area (TPSA) is 33.7 Å². The molecule has 0 spiro atoms. The predicted octanol–water partition coefficient (Wildman–Crippen LogP) is 2.14. The van der Waals surface area contributed by atoms with Gasteiger partial charge in [-0.3, -0.25) is 0 Å². The Bertz CT molecular complexity index is 289. The van der Waals surface area contributed by atoms with E-state index in [0.29, 0.717) is 17.4 Å². The zero-order chi connectivity index (χ0) is 15.1. The first-order chi connectivity index (χ1) is 10.1. The first kappa shape index (κ1) is 17.2. The Morgan fingerprint density at radius 1 is 1.43 bits per heavy atom. The number of likely N-dealkylation sites (tertiary alicyclic amines) is 1. The molecular weight excluding hydrogens is 264 g/mol. The minimum atomic E-state index is 0.309. The zero-order valence-electron chi connectivity index (χ0n) is 14.2. The van der Waals surface area contributed by atoms with Gasteiger partial charge in [0.15, 0.2) is 0 Å². The van der Waals surface area contributed by atoms with Crippen molar-refractivity contribution in [2.45, 2.75) is 46.1 Å². The molecule has 0 radical (unpaired) electrons. The molecule has 0 saturated carbocycles. The summed E-state index contributed by atoms with van der Waals surface area (Å²) in [4.78, 5) is 2.61. The molecular formula is C17H34N2O2. The standard InChI is InChI=1S/C17H34N2O2/c1-4-21-16-6-5-8-19(11-16)13-17(7-9-20-14-17)12-18-10-15(2)3/h15-16,18H,4-14H2,1-3H3. The van der Waals surface area contributed by atoms with Gasteiger partial charge in [0, 0.05) is 38.3 Å². The van der Waals surface area contributed by atoms with E-state index in [4.69, 9.17) is 9.47 Å². The number of hydrogen-bond donors (Lipinski definition) is 1. The summed E-state index contributed by atoms with van der Waals surface area (Å²) in [5.74, 6) is 0.710. The fourth-order valence-corrected chi connectivity index (χ4v) is 3.60. The number of nitrogens with zero attached hydrogens (tertiary/aromatic N) is 1. The Kier molecular flexibility index (Phi) is 6.93. The van der Waals surface area contributed by atoms with E-state index in [2.05, 4.69) is 31.0 Å². The molecule has 0 aromatic heterocycles. The highest BCUT2D eigenvalue weighted by molar-refractivity contribution is 4.90. The van der Waals surface area contributed by atoms with Gasteiger partial charge < -0.3 is 19.7 Å². The van der Waals surface area contributed by atoms with Gasteiger partial charge in [0.2, 0.25) is 0 Å². The van der Waals surface area contributed by atoms with Crippen LogP contribution in [0.1, 0.15) is 40.0 Å². The second kappa shape index (κ2) is 8.47. The molecule has 4 heteroatoms. The van der Waals surface area contributed by atoms with Gasteiger partial charge in [-0.15, -0.1) is 0 Å². The quantitative estimate of drug-likeness (QED) is 0.744. The third-order valence-corrected chi connectivity index (χ3v) is 4.66. The molecule has 2 aliphatic heterocycles. The molecule has 2 atom stereocenters. The van der Waals surface area contributed by atoms with Gasteiger partial charge in [0.05, 0.1) is 12.7 Å². The highest BCUT2D eigenvalue weighted by Gasteiger charge is 2.37. The van der Waals surface area contributed by atoms with Crippen LogP contribution in [0.15, 0.2) is 0 Å². The molecule has 2 unspecified atom stereocenters. The van der Waals surface area contributed by atoms with Crippen molar-refractivity contribution < 1.29 is 9.47 Å². The highest BCUT2D eigenvalue weighted by Crippen LogP contribution is 2.30. The van der Waals surface area contributed by atoms with E-state index in [9.17, 15) is 0 Å². The van der Waals surface area contributed by atoms with Crippen LogP contribution in [0.25, 0.3) is 0 Å². The fourth-order valence-electron chi connectivity index (χ4n) is 3.60. The minimum Gasteiger partial charge on any atom is -0.381 e. The van der Waals surface area contributed by atoms with Crippen molar-refractivity contribution >= 4 is 0 Å². The number of piperidine rings is 1. The van der Waals surface area contributed by atoms with Crippen LogP contribution in [0.4, 0.5) is 0 Å². The minimum absolute atomic E-state index is 0.309. The second-order valence-electron chi connectivity index (χ2n) is 7.28. The molecule has 1 N–H and O–H groups in total. The van der Waals surface area contributed by atoms with Crippen LogP contribution in [-0.2, 0) is 9.47 Å². The summed E-state index contributed by atoms with van der Waals surface area (Å²) in [5.41, 5.74) is 0.309. The first-order valence-electron chi connectivity index (χ1n) is 8.76. The van der Waals surface area contributed by atoms with Crippen LogP contribution in [0, 0.1) is 11.3 Å². The van der Waals surface area contributed by atoms with Gasteiger partial charge in [-0.05, 0) is 45.2 Å². The molecule has 0 aromatic carbocycles. The Balaban J connectivity index is 1.83. The monoisotopic (exact) mass is 298 g/mol. The average Bonchev–Trinajstić information content (AvgIpc) is 2.88. The third-order valence-electron chi connectivity index (χ3n) is 4.66. The van der Waals surface area contributed by atoms with Gasteiger partial charge in [-0.25, -0.2) is 0 Å². The van der Waals surface area contributed by atoms with Crippen molar-refractivity contribution in [3.05, 3.63) is 0 Å². The van der Waals surface area contributed by atoms with Gasteiger partial charge in [-0.2, -0.15) is 0 Å². The molecule has 0 amide bonds. The zero-order valence-corrected chi connectivity index (χ0v) is 14.2. The van der Waals surface area contributed by atoms with Crippen LogP contribution in [0.5, 0.6) is 0 Å². The first-order valence-corrected chi connectivity index (χ1v) is 8.76. The maximum Gasteiger partial charge on any atom is 0.0702 e. The maximum absolute atomic E-state index is 5.83. The predicted molar refractivity (Wildman–Crippen MR) is 86.7 cm³/mol. The molecule has 2 rings (SSSR count). The molecule has 2 heterocycles. The van der Waals surface area contributed by atoms with Crippen molar-refractivity contribution in [1.29, 1.82) is 0 Å². The van der Waals surface area contributed by atoms with E-state index in [-0.39, 0.29) is 0 Å². The summed E-state index contributed by atoms with van der Waals surface area (Å²) < 4.78 is 11.6. The molecule has 0 aliphatic carbocycles. The molecule has 0 bridgehead atoms. The molecule has 0 aromatic rings. The number of rotatable bonds is 8. The van der Waals surface area contributed by atoms with E-state index in [1.165, 1.54) is 25.8 Å². The maximum atomic E-state index is 5.83. The lowest BCUT2D eigenvalue weighted by atomic mass is 9.85. The Labute approximate surface area is 130 Å². The fraction of sp³-hybridized carbons (Fsp3) is 1.00. The Hall–Kier alpha value is -0.160. The van der Waals surface area contributed by atoms with E-state index in [0.717, 1.165) is 46.0 Å². The summed E-state index contributed by atoms with van der Waals surface area (Å²) in [7, 11) is 0. The number of ether oxygens (including phenoxy) is 2. The second-order valence-corrected chi connectivity index (χ2v) is 7.28. The molecule has 21 heavy (non-hydrogen) atoms. The van der Waals surface area contributed by atoms with Gasteiger partial charge >= 0.3 is 0 Å². The molecule has 2 saturated heterocycles. The largest absolute Gasteiger partial charge is 0.381 e. The van der Waals surface area contributed by atoms with Crippen LogP contribution < -0.4 is 5.32 Å². The number of nitrogens with one attached hydrogen (secondary N) is 1. The van der Waals surface area contributed by atoms with Gasteiger partial charge in [0.25, 0.3) is 0 Å². The lowest BCUT2D eigenvalue weighted by Crippen LogP contribution is -2.49. The lowest BCUT2D eigenvalue weighted by molar-refractivity contribution is -0.00820. The van der Waals surface area contributed by atoms with E-state index < -0.39 is 0 Å². The van der Waals surface area contributed by atoms with Crippen LogP contribution in [0.2, 0.25) is 0 Å². The van der Waals surface area contributed by atoms with Crippen molar-refractivity contribution in [2.75, 3.05) is 52.5 Å². The SMILES string of the molecule is CCOC1CCCN(CC2(CNCC(C)C)CCOC2)C1. The van der Waals surface area contributed by atoms with Crippen LogP contribution in [-0.4, -0.2) is 63.5 Å². The van der Waals surface area contributed by atoms with Crippen molar-refractivity contribution in [1.82, 2.24) is 10.2 Å². The summed E-state index contributed by atoms with van der Waals surface area (Å²) in [6.45, 7) is 15.0. The summed E-state index contributed by atoms with van der Waals surface area (Å²) in [6.07, 6.45) is 4.11. The molecule has 2 aliphatic rings. The van der Waals surface area contributed by atoms with Crippen molar-refractivity contribution in [3.63, 3.8) is 0 Å². The average molecular weight is 298 g/mol. The van der Waals surface area contributed by atoms with Gasteiger partial charge in [0.1, 0.15) is 0 Å². The van der Waals surface area contributed by atoms with Gasteiger partial charge in [-0.1, -0.05) is 13.8 Å². The normalized spacial score (nSPS) is 31.1. The number of hydrogen-bond acceptors (Lipinski definition) is 4. The molecule has 4 nitrogen and oxygen atoms in total. The van der Waals surface area contributed by atoms with Crippen molar-refractivity contribution in [2.24, 2.45) is 11.3 Å². The van der Waals surface area contributed by atoms with E-state index in [1.807, 2.05) is 0 Å². The summed E-state index contributed by atoms with van der Waals surface area (Å²) in [5, 5.41) is 3.66.